The van der Waals surface area contributed by atoms with Gasteiger partial charge in [0.2, 0.25) is 0 Å². The average Bonchev–Trinajstić information content (AvgIpc) is 1.85. The van der Waals surface area contributed by atoms with E-state index >= 15 is 0 Å². The zero-order valence-electron chi connectivity index (χ0n) is 5.66. The number of carbonyl (C=O) groups excluding carboxylic acids is 1. The van der Waals surface area contributed by atoms with Crippen LogP contribution in [0.5, 0.6) is 0 Å². The van der Waals surface area contributed by atoms with Gasteiger partial charge in [-0.05, 0) is 24.6 Å². The highest BCUT2D eigenvalue weighted by Gasteiger charge is 1.93. The predicted octanol–water partition coefficient (Wildman–Crippen LogP) is 0.785. The van der Waals surface area contributed by atoms with Crippen LogP contribution in [0.15, 0.2) is 12.1 Å². The van der Waals surface area contributed by atoms with E-state index in [2.05, 4.69) is 4.98 Å². The van der Waals surface area contributed by atoms with Crippen LogP contribution >= 0.6 is 0 Å². The van der Waals surface area contributed by atoms with E-state index in [-0.39, 0.29) is 0 Å². The Labute approximate surface area is 58.9 Å². The third kappa shape index (κ3) is 1.31. The summed E-state index contributed by atoms with van der Waals surface area (Å²) in [6.07, 6.45) is 0.684. The van der Waals surface area contributed by atoms with E-state index in [1.807, 2.05) is 6.92 Å². The number of aromatic nitrogens is 1. The van der Waals surface area contributed by atoms with Crippen LogP contribution < -0.4 is 5.73 Å². The van der Waals surface area contributed by atoms with E-state index in [1.165, 1.54) is 0 Å². The minimum absolute atomic E-state index is 0.387. The average molecular weight is 136 g/mol. The number of nitrogens with two attached hydrogens (primary N) is 1. The number of hydrogen-bond donors (Lipinski definition) is 1. The normalized spacial score (nSPS) is 9.30. The van der Waals surface area contributed by atoms with Gasteiger partial charge in [0, 0.05) is 0 Å². The van der Waals surface area contributed by atoms with Crippen LogP contribution in [0.25, 0.3) is 0 Å². The fourth-order valence-corrected chi connectivity index (χ4v) is 0.782. The Hall–Kier alpha value is -1.38. The molecule has 0 radical (unpaired) electrons. The smallest absolute Gasteiger partial charge is 0.168 e. The molecular formula is C7H8N2O. The topological polar surface area (TPSA) is 56.0 Å². The molecule has 3 nitrogen and oxygen atoms in total. The highest BCUT2D eigenvalue weighted by Crippen LogP contribution is 2.03. The van der Waals surface area contributed by atoms with Crippen molar-refractivity contribution in [3.63, 3.8) is 0 Å². The van der Waals surface area contributed by atoms with Gasteiger partial charge >= 0.3 is 0 Å². The zero-order chi connectivity index (χ0) is 7.56. The van der Waals surface area contributed by atoms with E-state index in [0.717, 1.165) is 5.56 Å². The van der Waals surface area contributed by atoms with Crippen molar-refractivity contribution in [2.24, 2.45) is 0 Å². The second-order valence-electron chi connectivity index (χ2n) is 2.11. The molecule has 0 aliphatic heterocycles. The van der Waals surface area contributed by atoms with Crippen molar-refractivity contribution >= 4 is 12.1 Å². The summed E-state index contributed by atoms with van der Waals surface area (Å²) in [6, 6.07) is 3.40. The molecule has 1 rings (SSSR count). The van der Waals surface area contributed by atoms with Gasteiger partial charge in [0.25, 0.3) is 0 Å². The van der Waals surface area contributed by atoms with E-state index in [0.29, 0.717) is 17.8 Å². The number of pyridine rings is 1. The molecule has 0 aliphatic carbocycles. The summed E-state index contributed by atoms with van der Waals surface area (Å²) in [6.45, 7) is 1.87. The first-order chi connectivity index (χ1) is 4.72. The number of carbonyl (C=O) groups is 1. The lowest BCUT2D eigenvalue weighted by molar-refractivity contribution is 0.111. The highest BCUT2D eigenvalue weighted by molar-refractivity contribution is 5.72. The van der Waals surface area contributed by atoms with Crippen LogP contribution in [0.2, 0.25) is 0 Å². The van der Waals surface area contributed by atoms with Crippen molar-refractivity contribution in [3.8, 4) is 0 Å². The Morgan fingerprint density at radius 1 is 1.60 bits per heavy atom. The molecule has 0 aliphatic rings. The molecule has 0 bridgehead atoms. The molecule has 0 saturated heterocycles. The Morgan fingerprint density at radius 2 is 2.30 bits per heavy atom. The molecule has 0 unspecified atom stereocenters. The van der Waals surface area contributed by atoms with E-state index < -0.39 is 0 Å². The molecule has 0 aromatic carbocycles. The molecule has 0 amide bonds. The van der Waals surface area contributed by atoms with Gasteiger partial charge in [0.15, 0.2) is 6.29 Å². The van der Waals surface area contributed by atoms with Crippen LogP contribution in [0.4, 0.5) is 5.82 Å². The summed E-state index contributed by atoms with van der Waals surface area (Å²) < 4.78 is 0. The summed E-state index contributed by atoms with van der Waals surface area (Å²) in [4.78, 5) is 14.0. The van der Waals surface area contributed by atoms with Crippen LogP contribution in [-0.2, 0) is 0 Å². The minimum Gasteiger partial charge on any atom is -0.384 e. The third-order valence-corrected chi connectivity index (χ3v) is 1.13. The highest BCUT2D eigenvalue weighted by atomic mass is 16.1. The lowest BCUT2D eigenvalue weighted by Crippen LogP contribution is -1.94. The monoisotopic (exact) mass is 136 g/mol. The zero-order valence-corrected chi connectivity index (χ0v) is 5.66. The molecule has 0 spiro atoms. The predicted molar refractivity (Wildman–Crippen MR) is 38.8 cm³/mol. The molecule has 1 aromatic heterocycles. The Kier molecular flexibility index (Phi) is 1.67. The lowest BCUT2D eigenvalue weighted by Gasteiger charge is -1.95. The van der Waals surface area contributed by atoms with Crippen molar-refractivity contribution in [2.45, 2.75) is 6.92 Å². The SMILES string of the molecule is Cc1cc(N)nc(C=O)c1. The number of nitrogen functional groups attached to an aromatic ring is 1. The van der Waals surface area contributed by atoms with E-state index in [1.54, 1.807) is 12.1 Å². The number of aryl methyl sites for hydroxylation is 1. The molecule has 3 heteroatoms. The Balaban J connectivity index is 3.18. The van der Waals surface area contributed by atoms with Crippen molar-refractivity contribution in [2.75, 3.05) is 5.73 Å². The van der Waals surface area contributed by atoms with Crippen molar-refractivity contribution in [1.29, 1.82) is 0 Å². The van der Waals surface area contributed by atoms with Crippen molar-refractivity contribution in [1.82, 2.24) is 4.98 Å². The van der Waals surface area contributed by atoms with Gasteiger partial charge in [0.1, 0.15) is 11.5 Å². The number of hydrogen-bond acceptors (Lipinski definition) is 3. The first-order valence-corrected chi connectivity index (χ1v) is 2.91. The van der Waals surface area contributed by atoms with Gasteiger partial charge in [0.05, 0.1) is 0 Å². The summed E-state index contributed by atoms with van der Waals surface area (Å²) in [5, 5.41) is 0. The van der Waals surface area contributed by atoms with Gasteiger partial charge in [-0.2, -0.15) is 0 Å². The second-order valence-corrected chi connectivity index (χ2v) is 2.11. The first-order valence-electron chi connectivity index (χ1n) is 2.91. The summed E-state index contributed by atoms with van der Waals surface area (Å²) in [5.41, 5.74) is 6.70. The Bertz CT molecular complexity index is 238. The second kappa shape index (κ2) is 2.47. The summed E-state index contributed by atoms with van der Waals surface area (Å²) in [5.74, 6) is 0.391. The first kappa shape index (κ1) is 6.74. The maximum atomic E-state index is 10.2. The Morgan fingerprint density at radius 3 is 2.80 bits per heavy atom. The van der Waals surface area contributed by atoms with Crippen LogP contribution in [0.1, 0.15) is 16.1 Å². The van der Waals surface area contributed by atoms with Gasteiger partial charge in [-0.25, -0.2) is 4.98 Å². The molecule has 0 fully saturated rings. The minimum atomic E-state index is 0.387. The van der Waals surface area contributed by atoms with Gasteiger partial charge in [-0.1, -0.05) is 0 Å². The van der Waals surface area contributed by atoms with Crippen LogP contribution in [-0.4, -0.2) is 11.3 Å². The fraction of sp³-hybridized carbons (Fsp3) is 0.143. The number of aldehydes is 1. The van der Waals surface area contributed by atoms with E-state index in [4.69, 9.17) is 5.73 Å². The number of nitrogens with zero attached hydrogens (tertiary/aromatic N) is 1. The standard InChI is InChI=1S/C7H8N2O/c1-5-2-6(4-10)9-7(8)3-5/h2-4H,1H3,(H2,8,9). The third-order valence-electron chi connectivity index (χ3n) is 1.13. The molecule has 2 N–H and O–H groups in total. The lowest BCUT2D eigenvalue weighted by atomic mass is 10.2. The van der Waals surface area contributed by atoms with Crippen molar-refractivity contribution in [3.05, 3.63) is 23.4 Å². The molecule has 1 heterocycles. The van der Waals surface area contributed by atoms with Crippen LogP contribution in [0, 0.1) is 6.92 Å². The largest absolute Gasteiger partial charge is 0.384 e. The molecule has 0 atom stereocenters. The van der Waals surface area contributed by atoms with Gasteiger partial charge in [-0.15, -0.1) is 0 Å². The van der Waals surface area contributed by atoms with Gasteiger partial charge in [-0.3, -0.25) is 4.79 Å². The van der Waals surface area contributed by atoms with Gasteiger partial charge < -0.3 is 5.73 Å². The molecule has 1 aromatic rings. The van der Waals surface area contributed by atoms with E-state index in [9.17, 15) is 4.79 Å². The molecule has 10 heavy (non-hydrogen) atoms. The summed E-state index contributed by atoms with van der Waals surface area (Å²) >= 11 is 0. The summed E-state index contributed by atoms with van der Waals surface area (Å²) in [7, 11) is 0. The van der Waals surface area contributed by atoms with Crippen LogP contribution in [0.3, 0.4) is 0 Å². The quantitative estimate of drug-likeness (QED) is 0.580. The van der Waals surface area contributed by atoms with Crippen molar-refractivity contribution < 1.29 is 4.79 Å². The number of rotatable bonds is 1. The molecule has 52 valence electrons. The molecule has 0 saturated carbocycles. The number of anilines is 1. The maximum absolute atomic E-state index is 10.2. The fourth-order valence-electron chi connectivity index (χ4n) is 0.782. The maximum Gasteiger partial charge on any atom is 0.168 e. The molecular weight excluding hydrogens is 128 g/mol.